The number of hydrogen-bond donors (Lipinski definition) is 0. The van der Waals surface area contributed by atoms with E-state index in [2.05, 4.69) is 0 Å². The minimum atomic E-state index is -0.934. The molecule has 1 amide bonds. The van der Waals surface area contributed by atoms with Crippen LogP contribution in [0.1, 0.15) is 61.3 Å². The van der Waals surface area contributed by atoms with Gasteiger partial charge in [-0.25, -0.2) is 0 Å². The topological polar surface area (TPSA) is 43.5 Å². The van der Waals surface area contributed by atoms with Crippen LogP contribution >= 0.6 is 0 Å². The van der Waals surface area contributed by atoms with Crippen molar-refractivity contribution >= 4 is 5.91 Å². The van der Waals surface area contributed by atoms with E-state index in [1.807, 2.05) is 46.4 Å². The van der Waals surface area contributed by atoms with Gasteiger partial charge in [-0.05, 0) is 47.5 Å². The summed E-state index contributed by atoms with van der Waals surface area (Å²) in [4.78, 5) is 14.5. The summed E-state index contributed by atoms with van der Waals surface area (Å²) in [5.74, 6) is -0.0431. The highest BCUT2D eigenvalue weighted by Crippen LogP contribution is 2.38. The van der Waals surface area contributed by atoms with Crippen molar-refractivity contribution in [3.63, 3.8) is 0 Å². The lowest BCUT2D eigenvalue weighted by atomic mass is 9.82. The molecule has 4 heteroatoms. The molecule has 4 nitrogen and oxygen atoms in total. The zero-order chi connectivity index (χ0) is 14.4. The number of amides is 1. The van der Waals surface area contributed by atoms with Gasteiger partial charge in [-0.2, -0.15) is 0 Å². The molecule has 0 aromatic carbocycles. The SMILES string of the molecule is CCC1(C)CN(C(C)(C)C)C(=O)C(C)(CC)N1[O]. The van der Waals surface area contributed by atoms with E-state index in [0.29, 0.717) is 13.0 Å². The molecule has 0 aromatic rings. The van der Waals surface area contributed by atoms with Crippen LogP contribution in [0.25, 0.3) is 0 Å². The predicted molar refractivity (Wildman–Crippen MR) is 71.4 cm³/mol. The van der Waals surface area contributed by atoms with Gasteiger partial charge in [0.2, 0.25) is 5.91 Å². The zero-order valence-corrected chi connectivity index (χ0v) is 12.8. The third-order valence-electron chi connectivity index (χ3n) is 4.40. The summed E-state index contributed by atoms with van der Waals surface area (Å²) in [7, 11) is 0. The summed E-state index contributed by atoms with van der Waals surface area (Å²) in [6.07, 6.45) is 1.28. The standard InChI is InChI=1S/C14H27N2O2/c1-8-13(6)10-15(12(3,4)5)11(17)14(7,9-2)16(13)18/h8-10H2,1-7H3. The van der Waals surface area contributed by atoms with Crippen LogP contribution in [0.2, 0.25) is 0 Å². The Hall–Kier alpha value is -0.610. The average molecular weight is 255 g/mol. The minimum absolute atomic E-state index is 0.0431. The van der Waals surface area contributed by atoms with Crippen molar-refractivity contribution in [1.29, 1.82) is 0 Å². The molecule has 1 fully saturated rings. The Bertz CT molecular complexity index is 337. The Morgan fingerprint density at radius 3 is 2.00 bits per heavy atom. The Kier molecular flexibility index (Phi) is 3.86. The van der Waals surface area contributed by atoms with Crippen LogP contribution in [0.4, 0.5) is 0 Å². The van der Waals surface area contributed by atoms with E-state index in [-0.39, 0.29) is 11.4 Å². The number of hydrogen-bond acceptors (Lipinski definition) is 2. The first-order valence-corrected chi connectivity index (χ1v) is 6.82. The molecule has 1 saturated heterocycles. The van der Waals surface area contributed by atoms with Crippen molar-refractivity contribution in [3.05, 3.63) is 0 Å². The fourth-order valence-electron chi connectivity index (χ4n) is 2.54. The lowest BCUT2D eigenvalue weighted by Gasteiger charge is -2.56. The number of nitrogens with zero attached hydrogens (tertiary/aromatic N) is 2. The van der Waals surface area contributed by atoms with E-state index in [4.69, 9.17) is 0 Å². The number of carbonyl (C=O) groups excluding carboxylic acids is 1. The molecule has 1 rings (SSSR count). The van der Waals surface area contributed by atoms with E-state index >= 15 is 0 Å². The number of piperazine rings is 1. The molecule has 0 saturated carbocycles. The highest BCUT2D eigenvalue weighted by Gasteiger charge is 2.56. The first-order valence-electron chi connectivity index (χ1n) is 6.82. The molecule has 18 heavy (non-hydrogen) atoms. The quantitative estimate of drug-likeness (QED) is 0.761. The molecule has 0 spiro atoms. The smallest absolute Gasteiger partial charge is 0.245 e. The van der Waals surface area contributed by atoms with Gasteiger partial charge in [0.15, 0.2) is 0 Å². The van der Waals surface area contributed by atoms with Gasteiger partial charge >= 0.3 is 0 Å². The van der Waals surface area contributed by atoms with Crippen LogP contribution in [0.5, 0.6) is 0 Å². The summed E-state index contributed by atoms with van der Waals surface area (Å²) >= 11 is 0. The molecule has 105 valence electrons. The van der Waals surface area contributed by atoms with Gasteiger partial charge in [0, 0.05) is 12.1 Å². The number of rotatable bonds is 2. The van der Waals surface area contributed by atoms with Crippen LogP contribution in [-0.4, -0.2) is 39.0 Å². The first kappa shape index (κ1) is 15.4. The van der Waals surface area contributed by atoms with E-state index < -0.39 is 11.1 Å². The van der Waals surface area contributed by atoms with Gasteiger partial charge in [-0.15, -0.1) is 10.3 Å². The van der Waals surface area contributed by atoms with Crippen molar-refractivity contribution < 1.29 is 10.0 Å². The van der Waals surface area contributed by atoms with Gasteiger partial charge < -0.3 is 4.90 Å². The van der Waals surface area contributed by atoms with Crippen molar-refractivity contribution in [2.24, 2.45) is 0 Å². The summed E-state index contributed by atoms with van der Waals surface area (Å²) in [6.45, 7) is 14.2. The molecule has 1 aliphatic heterocycles. The van der Waals surface area contributed by atoms with Crippen molar-refractivity contribution in [2.75, 3.05) is 6.54 Å². The van der Waals surface area contributed by atoms with Crippen LogP contribution in [-0.2, 0) is 10.0 Å². The van der Waals surface area contributed by atoms with Crippen molar-refractivity contribution in [1.82, 2.24) is 9.96 Å². The van der Waals surface area contributed by atoms with Crippen LogP contribution in [0, 0.1) is 0 Å². The predicted octanol–water partition coefficient (Wildman–Crippen LogP) is 2.61. The molecule has 0 N–H and O–H groups in total. The highest BCUT2D eigenvalue weighted by atomic mass is 16.5. The van der Waals surface area contributed by atoms with Gasteiger partial charge in [0.1, 0.15) is 5.54 Å². The Labute approximate surface area is 111 Å². The maximum atomic E-state index is 12.6. The summed E-state index contributed by atoms with van der Waals surface area (Å²) < 4.78 is 0. The second kappa shape index (κ2) is 4.49. The molecular weight excluding hydrogens is 228 g/mol. The van der Waals surface area contributed by atoms with Gasteiger partial charge in [-0.1, -0.05) is 13.8 Å². The fraction of sp³-hybridized carbons (Fsp3) is 0.929. The highest BCUT2D eigenvalue weighted by molar-refractivity contribution is 5.87. The molecule has 1 radical (unpaired) electrons. The summed E-state index contributed by atoms with van der Waals surface area (Å²) in [5, 5.41) is 13.6. The first-order chi connectivity index (χ1) is 8.03. The van der Waals surface area contributed by atoms with Crippen LogP contribution in [0.15, 0.2) is 0 Å². The fourth-order valence-corrected chi connectivity index (χ4v) is 2.54. The normalized spacial score (nSPS) is 35.1. The van der Waals surface area contributed by atoms with Gasteiger partial charge in [-0.3, -0.25) is 4.79 Å². The Balaban J connectivity index is 3.27. The lowest BCUT2D eigenvalue weighted by Crippen LogP contribution is -2.73. The Morgan fingerprint density at radius 2 is 1.67 bits per heavy atom. The summed E-state index contributed by atoms with van der Waals surface area (Å²) in [6, 6.07) is 0. The molecule has 0 aromatic heterocycles. The van der Waals surface area contributed by atoms with E-state index in [0.717, 1.165) is 11.5 Å². The third kappa shape index (κ3) is 2.16. The van der Waals surface area contributed by atoms with Crippen molar-refractivity contribution in [3.8, 4) is 0 Å². The molecule has 1 aliphatic rings. The van der Waals surface area contributed by atoms with Gasteiger partial charge in [0.25, 0.3) is 0 Å². The molecular formula is C14H27N2O2. The van der Waals surface area contributed by atoms with Crippen LogP contribution < -0.4 is 0 Å². The minimum Gasteiger partial charge on any atom is -0.334 e. The lowest BCUT2D eigenvalue weighted by molar-refractivity contribution is -0.297. The zero-order valence-electron chi connectivity index (χ0n) is 12.8. The van der Waals surface area contributed by atoms with E-state index in [9.17, 15) is 10.0 Å². The monoisotopic (exact) mass is 255 g/mol. The number of carbonyl (C=O) groups is 1. The van der Waals surface area contributed by atoms with E-state index in [1.165, 1.54) is 0 Å². The van der Waals surface area contributed by atoms with Crippen LogP contribution in [0.3, 0.4) is 0 Å². The maximum absolute atomic E-state index is 12.6. The second-order valence-corrected chi connectivity index (χ2v) is 6.83. The molecule has 2 unspecified atom stereocenters. The third-order valence-corrected chi connectivity index (χ3v) is 4.40. The van der Waals surface area contributed by atoms with E-state index in [1.54, 1.807) is 6.92 Å². The largest absolute Gasteiger partial charge is 0.334 e. The summed E-state index contributed by atoms with van der Waals surface area (Å²) in [5.41, 5.74) is -1.67. The average Bonchev–Trinajstić information content (AvgIpc) is 2.30. The molecule has 1 heterocycles. The molecule has 0 bridgehead atoms. The number of hydroxylamine groups is 2. The van der Waals surface area contributed by atoms with Crippen molar-refractivity contribution in [2.45, 2.75) is 77.9 Å². The maximum Gasteiger partial charge on any atom is 0.245 e. The second-order valence-electron chi connectivity index (χ2n) is 6.83. The Morgan fingerprint density at radius 1 is 1.17 bits per heavy atom. The molecule has 2 atom stereocenters. The van der Waals surface area contributed by atoms with Gasteiger partial charge in [0.05, 0.1) is 5.54 Å². The molecule has 0 aliphatic carbocycles.